The van der Waals surface area contributed by atoms with Gasteiger partial charge in [-0.25, -0.2) is 0 Å². The SMILES string of the molecule is CC(C)C=CCCCCCCCC[P+](c1ccccc1)(c1ccccc1)c1ccccc1.[Br-]. The fourth-order valence-electron chi connectivity index (χ4n) is 4.57. The number of halogens is 1. The summed E-state index contributed by atoms with van der Waals surface area (Å²) in [5, 5.41) is 4.53. The Labute approximate surface area is 213 Å². The summed E-state index contributed by atoms with van der Waals surface area (Å²) in [6.45, 7) is 4.50. The lowest BCUT2D eigenvalue weighted by Gasteiger charge is -2.27. The van der Waals surface area contributed by atoms with Gasteiger partial charge < -0.3 is 17.0 Å². The predicted octanol–water partition coefficient (Wildman–Crippen LogP) is 4.93. The Morgan fingerprint density at radius 3 is 1.39 bits per heavy atom. The molecular formula is C31H40BrP. The van der Waals surface area contributed by atoms with Crippen LogP contribution in [0, 0.1) is 5.92 Å². The minimum absolute atomic E-state index is 0. The second kappa shape index (κ2) is 15.3. The minimum atomic E-state index is -1.64. The third kappa shape index (κ3) is 8.24. The van der Waals surface area contributed by atoms with Crippen molar-refractivity contribution in [3.63, 3.8) is 0 Å². The first-order valence-corrected chi connectivity index (χ1v) is 14.4. The highest BCUT2D eigenvalue weighted by Gasteiger charge is 2.44. The Balaban J connectivity index is 0.00000385. The molecule has 0 spiro atoms. The van der Waals surface area contributed by atoms with E-state index in [4.69, 9.17) is 0 Å². The Morgan fingerprint density at radius 1 is 0.576 bits per heavy atom. The number of hydrogen-bond donors (Lipinski definition) is 0. The summed E-state index contributed by atoms with van der Waals surface area (Å²) < 4.78 is 0. The van der Waals surface area contributed by atoms with Crippen LogP contribution in [-0.2, 0) is 0 Å². The highest BCUT2D eigenvalue weighted by molar-refractivity contribution is 7.95. The van der Waals surface area contributed by atoms with E-state index >= 15 is 0 Å². The van der Waals surface area contributed by atoms with E-state index in [1.807, 2.05) is 0 Å². The number of allylic oxidation sites excluding steroid dienone is 2. The minimum Gasteiger partial charge on any atom is -1.00 e. The first-order chi connectivity index (χ1) is 15.7. The molecule has 3 rings (SSSR count). The number of benzene rings is 3. The summed E-state index contributed by atoms with van der Waals surface area (Å²) in [5.41, 5.74) is 0. The molecule has 0 N–H and O–H groups in total. The third-order valence-electron chi connectivity index (χ3n) is 6.23. The van der Waals surface area contributed by atoms with E-state index in [2.05, 4.69) is 117 Å². The molecule has 0 bridgehead atoms. The van der Waals surface area contributed by atoms with Crippen LogP contribution in [0.4, 0.5) is 0 Å². The summed E-state index contributed by atoms with van der Waals surface area (Å²) in [5.74, 6) is 0.678. The number of hydrogen-bond acceptors (Lipinski definition) is 0. The van der Waals surface area contributed by atoms with Crippen LogP contribution in [0.15, 0.2) is 103 Å². The Hall–Kier alpha value is -1.69. The Bertz CT molecular complexity index is 807. The normalized spacial score (nSPS) is 11.6. The lowest BCUT2D eigenvalue weighted by molar-refractivity contribution is -0.00000657. The molecule has 0 atom stereocenters. The highest BCUT2D eigenvalue weighted by atomic mass is 79.9. The van der Waals surface area contributed by atoms with Crippen molar-refractivity contribution >= 4 is 23.2 Å². The number of unbranched alkanes of at least 4 members (excludes halogenated alkanes) is 6. The van der Waals surface area contributed by atoms with E-state index in [0.717, 1.165) is 0 Å². The van der Waals surface area contributed by atoms with Gasteiger partial charge in [-0.15, -0.1) is 0 Å². The fraction of sp³-hybridized carbons (Fsp3) is 0.355. The Kier molecular flexibility index (Phi) is 12.7. The zero-order valence-electron chi connectivity index (χ0n) is 20.4. The standard InChI is InChI=1S/C31H40P.BrH/c1-28(2)20-12-7-5-3-4-6-8-19-27-32(29-21-13-9-14-22-29,30-23-15-10-16-24-30)31-25-17-11-18-26-31;/h9-18,20-26,28H,3-8,19,27H2,1-2H3;1H/q+1;/p-1. The Morgan fingerprint density at radius 2 is 0.970 bits per heavy atom. The van der Waals surface area contributed by atoms with Crippen LogP contribution in [-0.4, -0.2) is 6.16 Å². The monoisotopic (exact) mass is 522 g/mol. The van der Waals surface area contributed by atoms with Gasteiger partial charge in [0.2, 0.25) is 0 Å². The van der Waals surface area contributed by atoms with E-state index in [0.29, 0.717) is 5.92 Å². The van der Waals surface area contributed by atoms with E-state index < -0.39 is 7.26 Å². The lowest BCUT2D eigenvalue weighted by atomic mass is 10.1. The molecule has 0 saturated carbocycles. The van der Waals surface area contributed by atoms with E-state index in [1.165, 1.54) is 67.0 Å². The van der Waals surface area contributed by atoms with Crippen molar-refractivity contribution in [2.75, 3.05) is 6.16 Å². The lowest BCUT2D eigenvalue weighted by Crippen LogP contribution is -3.00. The maximum atomic E-state index is 2.36. The molecule has 0 heterocycles. The van der Waals surface area contributed by atoms with Gasteiger partial charge >= 0.3 is 0 Å². The van der Waals surface area contributed by atoms with Crippen molar-refractivity contribution in [1.29, 1.82) is 0 Å². The molecule has 0 aromatic heterocycles. The van der Waals surface area contributed by atoms with Gasteiger partial charge in [-0.3, -0.25) is 0 Å². The van der Waals surface area contributed by atoms with Crippen LogP contribution in [0.5, 0.6) is 0 Å². The molecule has 33 heavy (non-hydrogen) atoms. The van der Waals surface area contributed by atoms with Gasteiger partial charge in [-0.2, -0.15) is 0 Å². The molecule has 0 unspecified atom stereocenters. The van der Waals surface area contributed by atoms with Crippen LogP contribution in [0.25, 0.3) is 0 Å². The zero-order valence-corrected chi connectivity index (χ0v) is 22.9. The van der Waals surface area contributed by atoms with Crippen molar-refractivity contribution in [2.45, 2.75) is 58.8 Å². The van der Waals surface area contributed by atoms with Gasteiger partial charge in [-0.05, 0) is 68.0 Å². The molecule has 0 nitrogen and oxygen atoms in total. The van der Waals surface area contributed by atoms with E-state index in [-0.39, 0.29) is 17.0 Å². The number of rotatable bonds is 13. The van der Waals surface area contributed by atoms with Gasteiger partial charge in [0.1, 0.15) is 23.2 Å². The van der Waals surface area contributed by atoms with Crippen molar-refractivity contribution in [3.8, 4) is 0 Å². The first kappa shape index (κ1) is 27.6. The molecule has 0 amide bonds. The second-order valence-corrected chi connectivity index (χ2v) is 12.7. The maximum Gasteiger partial charge on any atom is 0.112 e. The molecule has 0 saturated heterocycles. The van der Waals surface area contributed by atoms with Gasteiger partial charge in [-0.1, -0.05) is 99.9 Å². The van der Waals surface area contributed by atoms with Crippen molar-refractivity contribution in [1.82, 2.24) is 0 Å². The van der Waals surface area contributed by atoms with Crippen LogP contribution >= 0.6 is 7.26 Å². The molecule has 0 aliphatic carbocycles. The van der Waals surface area contributed by atoms with Crippen molar-refractivity contribution in [2.24, 2.45) is 5.92 Å². The van der Waals surface area contributed by atoms with Gasteiger partial charge in [0, 0.05) is 0 Å². The molecule has 0 radical (unpaired) electrons. The van der Waals surface area contributed by atoms with E-state index in [9.17, 15) is 0 Å². The topological polar surface area (TPSA) is 0 Å². The molecule has 0 fully saturated rings. The smallest absolute Gasteiger partial charge is 0.112 e. The van der Waals surface area contributed by atoms with Crippen LogP contribution in [0.3, 0.4) is 0 Å². The van der Waals surface area contributed by atoms with Crippen molar-refractivity contribution < 1.29 is 17.0 Å². The summed E-state index contributed by atoms with van der Waals surface area (Å²) in [7, 11) is -1.64. The van der Waals surface area contributed by atoms with Gasteiger partial charge in [0.05, 0.1) is 6.16 Å². The molecule has 176 valence electrons. The third-order valence-corrected chi connectivity index (χ3v) is 10.8. The molecule has 3 aromatic carbocycles. The molecule has 0 aliphatic heterocycles. The average Bonchev–Trinajstić information content (AvgIpc) is 2.84. The molecule has 0 aliphatic rings. The fourth-order valence-corrected chi connectivity index (χ4v) is 8.98. The second-order valence-electron chi connectivity index (χ2n) is 9.12. The van der Waals surface area contributed by atoms with Crippen molar-refractivity contribution in [3.05, 3.63) is 103 Å². The largest absolute Gasteiger partial charge is 1.00 e. The quantitative estimate of drug-likeness (QED) is 0.169. The zero-order chi connectivity index (χ0) is 22.5. The first-order valence-electron chi connectivity index (χ1n) is 12.4. The van der Waals surface area contributed by atoms with Crippen LogP contribution in [0.1, 0.15) is 58.8 Å². The average molecular weight is 524 g/mol. The predicted molar refractivity (Wildman–Crippen MR) is 146 cm³/mol. The van der Waals surface area contributed by atoms with Gasteiger partial charge in [0.25, 0.3) is 0 Å². The van der Waals surface area contributed by atoms with Crippen LogP contribution < -0.4 is 32.9 Å². The van der Waals surface area contributed by atoms with E-state index in [1.54, 1.807) is 0 Å². The summed E-state index contributed by atoms with van der Waals surface area (Å²) in [6.07, 6.45) is 15.2. The maximum absolute atomic E-state index is 2.36. The summed E-state index contributed by atoms with van der Waals surface area (Å²) >= 11 is 0. The summed E-state index contributed by atoms with van der Waals surface area (Å²) in [6, 6.07) is 33.9. The summed E-state index contributed by atoms with van der Waals surface area (Å²) in [4.78, 5) is 0. The molecule has 3 aromatic rings. The highest BCUT2D eigenvalue weighted by Crippen LogP contribution is 2.55. The molecule has 2 heteroatoms. The van der Waals surface area contributed by atoms with Gasteiger partial charge in [0.15, 0.2) is 0 Å². The van der Waals surface area contributed by atoms with Crippen LogP contribution in [0.2, 0.25) is 0 Å². The molecular weight excluding hydrogens is 483 g/mol.